The van der Waals surface area contributed by atoms with Crippen LogP contribution in [0, 0.1) is 0 Å². The van der Waals surface area contributed by atoms with Crippen LogP contribution >= 0.6 is 0 Å². The zero-order chi connectivity index (χ0) is 10.9. The average Bonchev–Trinajstić information content (AvgIpc) is 2.67. The van der Waals surface area contributed by atoms with Crippen LogP contribution in [0.5, 0.6) is 0 Å². The lowest BCUT2D eigenvalue weighted by Crippen LogP contribution is -2.21. The summed E-state index contributed by atoms with van der Waals surface area (Å²) in [4.78, 5) is 0. The molecule has 15 heavy (non-hydrogen) atoms. The first-order valence-corrected chi connectivity index (χ1v) is 5.32. The highest BCUT2D eigenvalue weighted by Gasteiger charge is 2.15. The summed E-state index contributed by atoms with van der Waals surface area (Å²) in [5.41, 5.74) is 2.69. The Balaban J connectivity index is 2.51. The van der Waals surface area contributed by atoms with Crippen LogP contribution in [0.1, 0.15) is 20.8 Å². The fourth-order valence-corrected chi connectivity index (χ4v) is 1.81. The first kappa shape index (κ1) is 10.0. The van der Waals surface area contributed by atoms with Crippen LogP contribution in [0.3, 0.4) is 0 Å². The molecular formula is C14H17N. The summed E-state index contributed by atoms with van der Waals surface area (Å²) in [6, 6.07) is 14.8. The standard InChI is InChI=1S/C14H17N/c1-14(2,3)15-11-7-10-13(15)12-8-5-4-6-9-12/h4-11H,1-3H3. The van der Waals surface area contributed by atoms with Crippen LogP contribution in [-0.2, 0) is 5.54 Å². The van der Waals surface area contributed by atoms with Gasteiger partial charge in [-0.05, 0) is 38.5 Å². The van der Waals surface area contributed by atoms with E-state index in [0.29, 0.717) is 0 Å². The fourth-order valence-electron chi connectivity index (χ4n) is 1.81. The molecular weight excluding hydrogens is 182 g/mol. The molecule has 78 valence electrons. The molecule has 1 heteroatoms. The quantitative estimate of drug-likeness (QED) is 0.656. The van der Waals surface area contributed by atoms with Gasteiger partial charge >= 0.3 is 0 Å². The minimum atomic E-state index is 0.134. The maximum Gasteiger partial charge on any atom is 0.0485 e. The third-order valence-corrected chi connectivity index (χ3v) is 2.54. The van der Waals surface area contributed by atoms with Crippen molar-refractivity contribution in [1.82, 2.24) is 4.57 Å². The Kier molecular flexibility index (Phi) is 2.39. The summed E-state index contributed by atoms with van der Waals surface area (Å²) in [5.74, 6) is 0. The SMILES string of the molecule is CC(C)(C)n1cccc1-c1ccccc1. The van der Waals surface area contributed by atoms with Gasteiger partial charge < -0.3 is 4.57 Å². The van der Waals surface area contributed by atoms with Crippen molar-refractivity contribution in [2.75, 3.05) is 0 Å². The van der Waals surface area contributed by atoms with Gasteiger partial charge in [0.1, 0.15) is 0 Å². The zero-order valence-corrected chi connectivity index (χ0v) is 9.57. The predicted molar refractivity (Wildman–Crippen MR) is 64.9 cm³/mol. The van der Waals surface area contributed by atoms with Crippen molar-refractivity contribution in [3.8, 4) is 11.3 Å². The summed E-state index contributed by atoms with van der Waals surface area (Å²) in [6.07, 6.45) is 2.14. The lowest BCUT2D eigenvalue weighted by Gasteiger charge is -2.24. The Morgan fingerprint density at radius 1 is 0.867 bits per heavy atom. The van der Waals surface area contributed by atoms with E-state index in [0.717, 1.165) is 0 Å². The van der Waals surface area contributed by atoms with E-state index in [-0.39, 0.29) is 5.54 Å². The minimum absolute atomic E-state index is 0.134. The molecule has 2 rings (SSSR count). The molecule has 0 unspecified atom stereocenters. The van der Waals surface area contributed by atoms with Crippen molar-refractivity contribution in [2.45, 2.75) is 26.3 Å². The molecule has 1 heterocycles. The molecule has 2 aromatic rings. The summed E-state index contributed by atoms with van der Waals surface area (Å²) in [7, 11) is 0. The molecule has 0 saturated heterocycles. The lowest BCUT2D eigenvalue weighted by molar-refractivity contribution is 0.403. The Bertz CT molecular complexity index is 432. The second-order valence-electron chi connectivity index (χ2n) is 4.80. The highest BCUT2D eigenvalue weighted by atomic mass is 15.0. The molecule has 0 amide bonds. The molecule has 0 aliphatic rings. The monoisotopic (exact) mass is 199 g/mol. The van der Waals surface area contributed by atoms with Gasteiger partial charge in [0, 0.05) is 17.4 Å². The van der Waals surface area contributed by atoms with Gasteiger partial charge in [0.2, 0.25) is 0 Å². The number of rotatable bonds is 1. The minimum Gasteiger partial charge on any atom is -0.342 e. The molecule has 0 N–H and O–H groups in total. The summed E-state index contributed by atoms with van der Waals surface area (Å²) >= 11 is 0. The zero-order valence-electron chi connectivity index (χ0n) is 9.57. The summed E-state index contributed by atoms with van der Waals surface area (Å²) < 4.78 is 2.31. The van der Waals surface area contributed by atoms with E-state index in [1.54, 1.807) is 0 Å². The number of aromatic nitrogens is 1. The maximum absolute atomic E-state index is 2.31. The van der Waals surface area contributed by atoms with E-state index in [9.17, 15) is 0 Å². The van der Waals surface area contributed by atoms with Crippen molar-refractivity contribution >= 4 is 0 Å². The molecule has 0 aliphatic heterocycles. The molecule has 0 fully saturated rings. The molecule has 1 nitrogen and oxygen atoms in total. The molecule has 0 radical (unpaired) electrons. The largest absolute Gasteiger partial charge is 0.342 e. The van der Waals surface area contributed by atoms with Crippen molar-refractivity contribution in [3.63, 3.8) is 0 Å². The first-order valence-electron chi connectivity index (χ1n) is 5.32. The number of nitrogens with zero attached hydrogens (tertiary/aromatic N) is 1. The maximum atomic E-state index is 2.31. The van der Waals surface area contributed by atoms with E-state index < -0.39 is 0 Å². The van der Waals surface area contributed by atoms with Gasteiger partial charge in [0.25, 0.3) is 0 Å². The van der Waals surface area contributed by atoms with Gasteiger partial charge in [-0.15, -0.1) is 0 Å². The van der Waals surface area contributed by atoms with E-state index in [1.165, 1.54) is 11.3 Å². The second-order valence-corrected chi connectivity index (χ2v) is 4.80. The highest BCUT2D eigenvalue weighted by Crippen LogP contribution is 2.26. The lowest BCUT2D eigenvalue weighted by atomic mass is 10.1. The molecule has 0 saturated carbocycles. The molecule has 1 aromatic carbocycles. The van der Waals surface area contributed by atoms with Crippen LogP contribution in [0.25, 0.3) is 11.3 Å². The van der Waals surface area contributed by atoms with Gasteiger partial charge in [-0.25, -0.2) is 0 Å². The van der Waals surface area contributed by atoms with Crippen LogP contribution < -0.4 is 0 Å². The van der Waals surface area contributed by atoms with Gasteiger partial charge in [0.05, 0.1) is 0 Å². The van der Waals surface area contributed by atoms with Crippen molar-refractivity contribution in [2.24, 2.45) is 0 Å². The smallest absolute Gasteiger partial charge is 0.0485 e. The number of hydrogen-bond donors (Lipinski definition) is 0. The van der Waals surface area contributed by atoms with E-state index in [2.05, 4.69) is 67.9 Å². The summed E-state index contributed by atoms with van der Waals surface area (Å²) in [5, 5.41) is 0. The first-order chi connectivity index (χ1) is 7.09. The van der Waals surface area contributed by atoms with Crippen LogP contribution in [0.2, 0.25) is 0 Å². The second kappa shape index (κ2) is 3.58. The van der Waals surface area contributed by atoms with Crippen LogP contribution in [0.15, 0.2) is 48.7 Å². The van der Waals surface area contributed by atoms with E-state index in [1.807, 2.05) is 6.07 Å². The Morgan fingerprint density at radius 2 is 1.53 bits per heavy atom. The van der Waals surface area contributed by atoms with Gasteiger partial charge in [-0.3, -0.25) is 0 Å². The van der Waals surface area contributed by atoms with Crippen LogP contribution in [0.4, 0.5) is 0 Å². The van der Waals surface area contributed by atoms with Crippen molar-refractivity contribution in [3.05, 3.63) is 48.7 Å². The molecule has 0 spiro atoms. The predicted octanol–water partition coefficient (Wildman–Crippen LogP) is 3.91. The molecule has 0 bridgehead atoms. The van der Waals surface area contributed by atoms with E-state index >= 15 is 0 Å². The van der Waals surface area contributed by atoms with Gasteiger partial charge in [0.15, 0.2) is 0 Å². The van der Waals surface area contributed by atoms with Crippen LogP contribution in [-0.4, -0.2) is 4.57 Å². The van der Waals surface area contributed by atoms with Crippen molar-refractivity contribution < 1.29 is 0 Å². The van der Waals surface area contributed by atoms with Gasteiger partial charge in [-0.2, -0.15) is 0 Å². The average molecular weight is 199 g/mol. The van der Waals surface area contributed by atoms with Gasteiger partial charge in [-0.1, -0.05) is 30.3 Å². The molecule has 0 atom stereocenters. The molecule has 1 aromatic heterocycles. The molecule has 0 aliphatic carbocycles. The third kappa shape index (κ3) is 1.96. The number of benzene rings is 1. The van der Waals surface area contributed by atoms with E-state index in [4.69, 9.17) is 0 Å². The number of hydrogen-bond acceptors (Lipinski definition) is 0. The third-order valence-electron chi connectivity index (χ3n) is 2.54. The highest BCUT2D eigenvalue weighted by molar-refractivity contribution is 5.60. The summed E-state index contributed by atoms with van der Waals surface area (Å²) in [6.45, 7) is 6.66. The fraction of sp³-hybridized carbons (Fsp3) is 0.286. The Morgan fingerprint density at radius 3 is 2.13 bits per heavy atom. The normalized spacial score (nSPS) is 11.7. The Labute approximate surface area is 91.4 Å². The Hall–Kier alpha value is -1.50. The topological polar surface area (TPSA) is 4.93 Å². The van der Waals surface area contributed by atoms with Crippen molar-refractivity contribution in [1.29, 1.82) is 0 Å².